The number of hydrogen-bond donors (Lipinski definition) is 2. The van der Waals surface area contributed by atoms with Gasteiger partial charge in [0.1, 0.15) is 6.04 Å². The minimum Gasteiger partial charge on any atom is -0.361 e. The summed E-state index contributed by atoms with van der Waals surface area (Å²) >= 11 is 0. The van der Waals surface area contributed by atoms with E-state index in [9.17, 15) is 9.59 Å². The second-order valence-electron chi connectivity index (χ2n) is 4.33. The van der Waals surface area contributed by atoms with Gasteiger partial charge in [-0.15, -0.1) is 0 Å². The van der Waals surface area contributed by atoms with Gasteiger partial charge in [-0.1, -0.05) is 18.2 Å². The molecule has 1 aromatic heterocycles. The first-order valence-corrected chi connectivity index (χ1v) is 5.86. The summed E-state index contributed by atoms with van der Waals surface area (Å²) in [6.45, 7) is 1.05. The second-order valence-corrected chi connectivity index (χ2v) is 4.33. The summed E-state index contributed by atoms with van der Waals surface area (Å²) < 4.78 is 0. The molecule has 0 aliphatic carbocycles. The van der Waals surface area contributed by atoms with Gasteiger partial charge in [0.2, 0.25) is 12.3 Å². The highest BCUT2D eigenvalue weighted by molar-refractivity contribution is 5.93. The van der Waals surface area contributed by atoms with Crippen molar-refractivity contribution in [3.63, 3.8) is 0 Å². The molecule has 1 fully saturated rings. The van der Waals surface area contributed by atoms with E-state index in [0.29, 0.717) is 13.1 Å². The molecule has 0 radical (unpaired) electrons. The van der Waals surface area contributed by atoms with E-state index in [1.54, 1.807) is 6.20 Å². The number of H-pyrrole nitrogens is 1. The first-order chi connectivity index (χ1) is 8.81. The average Bonchev–Trinajstić information content (AvgIpc) is 2.82. The van der Waals surface area contributed by atoms with Gasteiger partial charge in [0.15, 0.2) is 0 Å². The summed E-state index contributed by atoms with van der Waals surface area (Å²) in [5.41, 5.74) is 1.81. The Morgan fingerprint density at radius 2 is 2.17 bits per heavy atom. The van der Waals surface area contributed by atoms with E-state index >= 15 is 0 Å². The zero-order valence-corrected chi connectivity index (χ0v) is 9.72. The smallest absolute Gasteiger partial charge is 0.247 e. The van der Waals surface area contributed by atoms with Crippen molar-refractivity contribution >= 4 is 23.2 Å². The molecule has 3 rings (SSSR count). The molecule has 2 amide bonds. The SMILES string of the molecule is O=CN1CCNC(=O)[C@@H]1c1c[nH]c2ccccc12. The van der Waals surface area contributed by atoms with Gasteiger partial charge in [-0.2, -0.15) is 0 Å². The fraction of sp³-hybridized carbons (Fsp3) is 0.231. The average molecular weight is 243 g/mol. The Morgan fingerprint density at radius 1 is 1.33 bits per heavy atom. The normalized spacial score (nSPS) is 19.9. The lowest BCUT2D eigenvalue weighted by molar-refractivity contribution is -0.136. The number of nitrogens with one attached hydrogen (secondary N) is 2. The zero-order chi connectivity index (χ0) is 12.5. The van der Waals surface area contributed by atoms with Gasteiger partial charge in [0.25, 0.3) is 0 Å². The van der Waals surface area contributed by atoms with E-state index in [1.165, 1.54) is 4.90 Å². The minimum atomic E-state index is -0.535. The molecule has 92 valence electrons. The number of nitrogens with zero attached hydrogens (tertiary/aromatic N) is 1. The van der Waals surface area contributed by atoms with Gasteiger partial charge in [-0.25, -0.2) is 0 Å². The third-order valence-electron chi connectivity index (χ3n) is 3.30. The number of fused-ring (bicyclic) bond motifs is 1. The molecule has 2 N–H and O–H groups in total. The molecule has 5 nitrogen and oxygen atoms in total. The number of carbonyl (C=O) groups excluding carboxylic acids is 2. The molecule has 2 heterocycles. The highest BCUT2D eigenvalue weighted by atomic mass is 16.2. The van der Waals surface area contributed by atoms with Gasteiger partial charge in [-0.3, -0.25) is 9.59 Å². The Hall–Kier alpha value is -2.30. The largest absolute Gasteiger partial charge is 0.361 e. The Bertz CT molecular complexity index is 605. The quantitative estimate of drug-likeness (QED) is 0.766. The fourth-order valence-corrected chi connectivity index (χ4v) is 2.44. The lowest BCUT2D eigenvalue weighted by Gasteiger charge is -2.31. The van der Waals surface area contributed by atoms with E-state index in [0.717, 1.165) is 22.9 Å². The van der Waals surface area contributed by atoms with E-state index in [-0.39, 0.29) is 5.91 Å². The number of piperazine rings is 1. The van der Waals surface area contributed by atoms with Crippen molar-refractivity contribution in [2.45, 2.75) is 6.04 Å². The molecule has 0 spiro atoms. The van der Waals surface area contributed by atoms with Crippen LogP contribution in [0, 0.1) is 0 Å². The molecule has 1 aliphatic heterocycles. The van der Waals surface area contributed by atoms with Crippen LogP contribution in [0.3, 0.4) is 0 Å². The van der Waals surface area contributed by atoms with Gasteiger partial charge in [0.05, 0.1) is 0 Å². The molecular weight excluding hydrogens is 230 g/mol. The molecule has 1 saturated heterocycles. The molecule has 0 bridgehead atoms. The first-order valence-electron chi connectivity index (χ1n) is 5.86. The third-order valence-corrected chi connectivity index (χ3v) is 3.30. The van der Waals surface area contributed by atoms with Crippen LogP contribution in [0.1, 0.15) is 11.6 Å². The van der Waals surface area contributed by atoms with Gasteiger partial charge in [0, 0.05) is 35.8 Å². The number of hydrogen-bond acceptors (Lipinski definition) is 2. The van der Waals surface area contributed by atoms with Gasteiger partial charge >= 0.3 is 0 Å². The van der Waals surface area contributed by atoms with Crippen LogP contribution in [0.25, 0.3) is 10.9 Å². The van der Waals surface area contributed by atoms with Crippen molar-refractivity contribution in [1.29, 1.82) is 0 Å². The van der Waals surface area contributed by atoms with Crippen molar-refractivity contribution in [2.75, 3.05) is 13.1 Å². The van der Waals surface area contributed by atoms with Crippen molar-refractivity contribution < 1.29 is 9.59 Å². The van der Waals surface area contributed by atoms with Crippen LogP contribution in [-0.4, -0.2) is 35.3 Å². The Kier molecular flexibility index (Phi) is 2.51. The predicted octanol–water partition coefficient (Wildman–Crippen LogP) is 0.797. The molecule has 5 heteroatoms. The molecule has 1 aromatic carbocycles. The van der Waals surface area contributed by atoms with Gasteiger partial charge < -0.3 is 15.2 Å². The van der Waals surface area contributed by atoms with Crippen LogP contribution in [0.2, 0.25) is 0 Å². The summed E-state index contributed by atoms with van der Waals surface area (Å²) in [4.78, 5) is 27.7. The fourth-order valence-electron chi connectivity index (χ4n) is 2.44. The zero-order valence-electron chi connectivity index (χ0n) is 9.72. The van der Waals surface area contributed by atoms with E-state index < -0.39 is 6.04 Å². The molecule has 2 aromatic rings. The monoisotopic (exact) mass is 243 g/mol. The van der Waals surface area contributed by atoms with E-state index in [1.807, 2.05) is 24.3 Å². The number of carbonyl (C=O) groups is 2. The van der Waals surface area contributed by atoms with Crippen LogP contribution in [0.15, 0.2) is 30.5 Å². The summed E-state index contributed by atoms with van der Waals surface area (Å²) in [6.07, 6.45) is 2.54. The van der Waals surface area contributed by atoms with Crippen LogP contribution < -0.4 is 5.32 Å². The molecule has 0 saturated carbocycles. The standard InChI is InChI=1S/C13H13N3O2/c17-8-16-6-5-14-13(18)12(16)10-7-15-11-4-2-1-3-9(10)11/h1-4,7-8,12,15H,5-6H2,(H,14,18)/t12-/m0/s1. The maximum atomic E-state index is 12.0. The highest BCUT2D eigenvalue weighted by Crippen LogP contribution is 2.28. The lowest BCUT2D eigenvalue weighted by Crippen LogP contribution is -2.49. The van der Waals surface area contributed by atoms with Crippen molar-refractivity contribution in [1.82, 2.24) is 15.2 Å². The molecule has 1 atom stereocenters. The van der Waals surface area contributed by atoms with Crippen LogP contribution in [0.5, 0.6) is 0 Å². The number of aromatic amines is 1. The minimum absolute atomic E-state index is 0.127. The van der Waals surface area contributed by atoms with Crippen LogP contribution in [0.4, 0.5) is 0 Å². The summed E-state index contributed by atoms with van der Waals surface area (Å²) in [5.74, 6) is -0.127. The maximum absolute atomic E-state index is 12.0. The topological polar surface area (TPSA) is 65.2 Å². The third kappa shape index (κ3) is 1.55. The van der Waals surface area contributed by atoms with Crippen molar-refractivity contribution in [3.05, 3.63) is 36.0 Å². The highest BCUT2D eigenvalue weighted by Gasteiger charge is 2.31. The van der Waals surface area contributed by atoms with Gasteiger partial charge in [-0.05, 0) is 6.07 Å². The Balaban J connectivity index is 2.11. The Morgan fingerprint density at radius 3 is 3.00 bits per heavy atom. The second kappa shape index (κ2) is 4.18. The van der Waals surface area contributed by atoms with Crippen molar-refractivity contribution in [3.8, 4) is 0 Å². The summed E-state index contributed by atoms with van der Waals surface area (Å²) in [7, 11) is 0. The molecule has 0 unspecified atom stereocenters. The number of para-hydroxylation sites is 1. The Labute approximate surface area is 104 Å². The molecule has 18 heavy (non-hydrogen) atoms. The summed E-state index contributed by atoms with van der Waals surface area (Å²) in [5, 5.41) is 3.77. The van der Waals surface area contributed by atoms with Crippen LogP contribution >= 0.6 is 0 Å². The molecule has 1 aliphatic rings. The maximum Gasteiger partial charge on any atom is 0.247 e. The number of aromatic nitrogens is 1. The number of amides is 2. The number of benzene rings is 1. The number of rotatable bonds is 2. The first kappa shape index (κ1) is 10.8. The van der Waals surface area contributed by atoms with Crippen molar-refractivity contribution in [2.24, 2.45) is 0 Å². The van der Waals surface area contributed by atoms with E-state index in [2.05, 4.69) is 10.3 Å². The van der Waals surface area contributed by atoms with E-state index in [4.69, 9.17) is 0 Å². The lowest BCUT2D eigenvalue weighted by atomic mass is 10.0. The van der Waals surface area contributed by atoms with Crippen LogP contribution in [-0.2, 0) is 9.59 Å². The molecular formula is C13H13N3O2. The predicted molar refractivity (Wildman–Crippen MR) is 66.8 cm³/mol. The summed E-state index contributed by atoms with van der Waals surface area (Å²) in [6, 6.07) is 7.22.